The van der Waals surface area contributed by atoms with Crippen LogP contribution in [-0.4, -0.2) is 9.97 Å². The van der Waals surface area contributed by atoms with Gasteiger partial charge in [-0.3, -0.25) is 0 Å². The summed E-state index contributed by atoms with van der Waals surface area (Å²) in [5.74, 6) is 0. The number of hydrogen-bond acceptors (Lipinski definition) is 3. The van der Waals surface area contributed by atoms with Crippen molar-refractivity contribution in [3.8, 4) is 33.6 Å². The zero-order valence-electron chi connectivity index (χ0n) is 27.3. The van der Waals surface area contributed by atoms with Gasteiger partial charge in [-0.25, -0.2) is 0 Å². The quantitative estimate of drug-likeness (QED) is 0.158. The van der Waals surface area contributed by atoms with Gasteiger partial charge < -0.3 is 14.9 Å². The minimum atomic E-state index is -0.0332. The molecule has 0 N–H and O–H groups in total. The van der Waals surface area contributed by atoms with Gasteiger partial charge in [-0.15, -0.1) is 59.7 Å². The normalized spacial score (nSPS) is 11.5. The van der Waals surface area contributed by atoms with E-state index in [1.807, 2.05) is 36.7 Å². The van der Waals surface area contributed by atoms with Gasteiger partial charge in [0.15, 0.2) is 0 Å². The van der Waals surface area contributed by atoms with Crippen LogP contribution in [0.4, 0.5) is 17.1 Å². The van der Waals surface area contributed by atoms with Gasteiger partial charge >= 0.3 is 21.1 Å². The van der Waals surface area contributed by atoms with Crippen molar-refractivity contribution < 1.29 is 21.1 Å². The largest absolute Gasteiger partial charge is 2.00 e. The van der Waals surface area contributed by atoms with E-state index in [-0.39, 0.29) is 31.9 Å². The molecule has 4 aromatic carbocycles. The summed E-state index contributed by atoms with van der Waals surface area (Å²) >= 11 is 0. The van der Waals surface area contributed by atoms with Gasteiger partial charge in [0, 0.05) is 18.1 Å². The summed E-state index contributed by atoms with van der Waals surface area (Å²) in [6, 6.07) is 47.5. The number of pyridine rings is 2. The summed E-state index contributed by atoms with van der Waals surface area (Å²) < 4.78 is 0. The van der Waals surface area contributed by atoms with Crippen LogP contribution < -0.4 is 4.90 Å². The van der Waals surface area contributed by atoms with Gasteiger partial charge in [-0.1, -0.05) is 96.1 Å². The molecule has 232 valence electrons. The fourth-order valence-corrected chi connectivity index (χ4v) is 5.40. The fraction of sp³-hybridized carbons (Fsp3) is 0.190. The molecule has 0 saturated carbocycles. The van der Waals surface area contributed by atoms with Crippen LogP contribution in [0.3, 0.4) is 0 Å². The smallest absolute Gasteiger partial charge is 0.346 e. The van der Waals surface area contributed by atoms with Crippen molar-refractivity contribution in [2.24, 2.45) is 0 Å². The number of anilines is 3. The maximum atomic E-state index is 4.76. The molecule has 2 aromatic heterocycles. The first-order valence-corrected chi connectivity index (χ1v) is 15.5. The molecular weight excluding hydrogens is 742 g/mol. The second-order valence-electron chi connectivity index (χ2n) is 13.5. The van der Waals surface area contributed by atoms with E-state index in [0.717, 1.165) is 50.7 Å². The second kappa shape index (κ2) is 13.6. The summed E-state index contributed by atoms with van der Waals surface area (Å²) in [6.07, 6.45) is 3.70. The van der Waals surface area contributed by atoms with E-state index in [2.05, 4.69) is 155 Å². The van der Waals surface area contributed by atoms with Crippen LogP contribution in [-0.2, 0) is 31.9 Å². The van der Waals surface area contributed by atoms with Gasteiger partial charge in [0.25, 0.3) is 0 Å². The summed E-state index contributed by atoms with van der Waals surface area (Å²) in [5, 5.41) is 0. The minimum absolute atomic E-state index is 0. The van der Waals surface area contributed by atoms with Crippen LogP contribution in [0.15, 0.2) is 128 Å². The Hall–Kier alpha value is -4.33. The SMILES string of the molecule is CC(C)(C)c1cc(N(c2[c-]c(-c3ccccn3)ccc2)c2[c-]c(-c3cc(-c4ccccc4)ccn3)ccc2)cc(C(C)(C)C)c1.[Pt+2]. The molecular formula is C42H39N3Pt. The van der Waals surface area contributed by atoms with Crippen molar-refractivity contribution >= 4 is 17.1 Å². The maximum Gasteiger partial charge on any atom is 2.00 e. The Kier molecular flexibility index (Phi) is 9.75. The standard InChI is InChI=1S/C42H39N3.Pt/c1-41(2,3)34-27-35(42(4,5)6)29-38(28-34)45(36-18-12-16-32(24-36)39-20-10-11-22-43-39)37-19-13-17-33(25-37)40-26-31(21-23-44-40)30-14-8-7-9-15-30;/h7-23,26-29H,1-6H3;/q-2;+2. The Bertz CT molecular complexity index is 1890. The number of nitrogens with zero attached hydrogens (tertiary/aromatic N) is 3. The molecule has 4 heteroatoms. The van der Waals surface area contributed by atoms with Crippen LogP contribution in [0.1, 0.15) is 52.7 Å². The topological polar surface area (TPSA) is 29.0 Å². The molecule has 0 radical (unpaired) electrons. The monoisotopic (exact) mass is 780 g/mol. The third-order valence-electron chi connectivity index (χ3n) is 8.03. The Morgan fingerprint density at radius 2 is 1.07 bits per heavy atom. The van der Waals surface area contributed by atoms with Crippen molar-refractivity contribution in [1.82, 2.24) is 9.97 Å². The van der Waals surface area contributed by atoms with E-state index in [9.17, 15) is 0 Å². The Morgan fingerprint density at radius 3 is 1.63 bits per heavy atom. The molecule has 6 aromatic rings. The summed E-state index contributed by atoms with van der Waals surface area (Å²) in [5.41, 5.74) is 11.3. The molecule has 0 aliphatic carbocycles. The summed E-state index contributed by atoms with van der Waals surface area (Å²) in [7, 11) is 0. The third-order valence-corrected chi connectivity index (χ3v) is 8.03. The average molecular weight is 781 g/mol. The van der Waals surface area contributed by atoms with Crippen LogP contribution in [0.5, 0.6) is 0 Å². The Morgan fingerprint density at radius 1 is 0.500 bits per heavy atom. The van der Waals surface area contributed by atoms with E-state index in [1.165, 1.54) is 11.1 Å². The van der Waals surface area contributed by atoms with Crippen molar-refractivity contribution in [2.45, 2.75) is 52.4 Å². The second-order valence-corrected chi connectivity index (χ2v) is 13.5. The Labute approximate surface area is 288 Å². The van der Waals surface area contributed by atoms with Gasteiger partial charge in [0.2, 0.25) is 0 Å². The van der Waals surface area contributed by atoms with Gasteiger partial charge in [-0.05, 0) is 80.1 Å². The van der Waals surface area contributed by atoms with Crippen LogP contribution in [0, 0.1) is 12.1 Å². The molecule has 0 aliphatic heterocycles. The molecule has 0 spiro atoms. The predicted molar refractivity (Wildman–Crippen MR) is 188 cm³/mol. The molecule has 0 aliphatic rings. The number of benzene rings is 4. The zero-order valence-corrected chi connectivity index (χ0v) is 29.6. The van der Waals surface area contributed by atoms with Gasteiger partial charge in [-0.2, -0.15) is 0 Å². The molecule has 0 saturated heterocycles. The summed E-state index contributed by atoms with van der Waals surface area (Å²) in [4.78, 5) is 11.6. The molecule has 3 nitrogen and oxygen atoms in total. The number of aromatic nitrogens is 2. The fourth-order valence-electron chi connectivity index (χ4n) is 5.40. The average Bonchev–Trinajstić information content (AvgIpc) is 3.05. The molecule has 0 atom stereocenters. The van der Waals surface area contributed by atoms with Gasteiger partial charge in [0.1, 0.15) is 0 Å². The van der Waals surface area contributed by atoms with Gasteiger partial charge in [0.05, 0.1) is 0 Å². The first kappa shape index (κ1) is 33.0. The van der Waals surface area contributed by atoms with E-state index >= 15 is 0 Å². The minimum Gasteiger partial charge on any atom is -0.346 e. The van der Waals surface area contributed by atoms with Crippen molar-refractivity contribution in [3.63, 3.8) is 0 Å². The zero-order chi connectivity index (χ0) is 31.6. The molecule has 0 bridgehead atoms. The predicted octanol–water partition coefficient (Wildman–Crippen LogP) is 11.1. The first-order chi connectivity index (χ1) is 21.6. The third kappa shape index (κ3) is 7.38. The van der Waals surface area contributed by atoms with Crippen LogP contribution in [0.2, 0.25) is 0 Å². The van der Waals surface area contributed by atoms with Crippen LogP contribution >= 0.6 is 0 Å². The van der Waals surface area contributed by atoms with Crippen molar-refractivity contribution in [1.29, 1.82) is 0 Å². The number of hydrogen-bond donors (Lipinski definition) is 0. The van der Waals surface area contributed by atoms with Crippen molar-refractivity contribution in [2.75, 3.05) is 4.90 Å². The molecule has 46 heavy (non-hydrogen) atoms. The van der Waals surface area contributed by atoms with Crippen molar-refractivity contribution in [3.05, 3.63) is 151 Å². The van der Waals surface area contributed by atoms with E-state index in [0.29, 0.717) is 0 Å². The number of rotatable bonds is 6. The molecule has 0 unspecified atom stereocenters. The summed E-state index contributed by atoms with van der Waals surface area (Å²) in [6.45, 7) is 13.6. The Balaban J connectivity index is 0.00000417. The molecule has 0 fully saturated rings. The van der Waals surface area contributed by atoms with E-state index in [4.69, 9.17) is 4.98 Å². The maximum absolute atomic E-state index is 4.76. The molecule has 0 amide bonds. The molecule has 2 heterocycles. The van der Waals surface area contributed by atoms with Crippen LogP contribution in [0.25, 0.3) is 33.6 Å². The van der Waals surface area contributed by atoms with E-state index < -0.39 is 0 Å². The molecule has 6 rings (SSSR count). The first-order valence-electron chi connectivity index (χ1n) is 15.5. The van der Waals surface area contributed by atoms with E-state index in [1.54, 1.807) is 0 Å².